The average Bonchev–Trinajstić information content (AvgIpc) is 2.05. The molecule has 0 aliphatic rings. The average molecular weight is 182 g/mol. The molecule has 2 nitrogen and oxygen atoms in total. The predicted molar refractivity (Wildman–Crippen MR) is 52.2 cm³/mol. The molecule has 0 unspecified atom stereocenters. The van der Waals surface area contributed by atoms with Crippen LogP contribution >= 0.6 is 11.8 Å². The van der Waals surface area contributed by atoms with Crippen molar-refractivity contribution < 1.29 is 10.0 Å². The Morgan fingerprint density at radius 3 is 2.42 bits per heavy atom. The molecule has 0 saturated heterocycles. The predicted octanol–water partition coefficient (Wildman–Crippen LogP) is 1.25. The molecular formula is C8H11BO2S. The minimum Gasteiger partial charge on any atom is -0.427 e. The maximum Gasteiger partial charge on any atom is 0.452 e. The normalized spacial score (nSPS) is 9.83. The Morgan fingerprint density at radius 2 is 1.83 bits per heavy atom. The van der Waals surface area contributed by atoms with Crippen LogP contribution < -0.4 is 0 Å². The Balaban J connectivity index is 2.25. The van der Waals surface area contributed by atoms with Crippen LogP contribution in [0.5, 0.6) is 0 Å². The first-order valence-corrected chi connectivity index (χ1v) is 4.81. The molecule has 0 aliphatic heterocycles. The lowest BCUT2D eigenvalue weighted by atomic mass is 9.88. The van der Waals surface area contributed by atoms with E-state index in [4.69, 9.17) is 10.0 Å². The zero-order valence-corrected chi connectivity index (χ0v) is 7.50. The van der Waals surface area contributed by atoms with Gasteiger partial charge in [-0.25, -0.2) is 0 Å². The minimum absolute atomic E-state index is 0.416. The van der Waals surface area contributed by atoms with E-state index in [0.717, 1.165) is 10.6 Å². The molecule has 4 heteroatoms. The molecule has 0 heterocycles. The maximum atomic E-state index is 8.57. The molecule has 64 valence electrons. The van der Waals surface area contributed by atoms with Crippen molar-refractivity contribution in [3.05, 3.63) is 30.3 Å². The van der Waals surface area contributed by atoms with Crippen LogP contribution in [0.15, 0.2) is 35.2 Å². The molecule has 0 atom stereocenters. The number of hydrogen-bond donors (Lipinski definition) is 2. The highest BCUT2D eigenvalue weighted by molar-refractivity contribution is 7.99. The van der Waals surface area contributed by atoms with E-state index in [1.807, 2.05) is 30.3 Å². The summed E-state index contributed by atoms with van der Waals surface area (Å²) in [5, 5.41) is 17.1. The minimum atomic E-state index is -1.18. The van der Waals surface area contributed by atoms with Crippen molar-refractivity contribution in [3.8, 4) is 0 Å². The van der Waals surface area contributed by atoms with Gasteiger partial charge >= 0.3 is 7.12 Å². The first-order chi connectivity index (χ1) is 5.79. The first kappa shape index (κ1) is 9.64. The fourth-order valence-corrected chi connectivity index (χ4v) is 1.71. The summed E-state index contributed by atoms with van der Waals surface area (Å²) < 4.78 is 0. The van der Waals surface area contributed by atoms with Gasteiger partial charge in [-0.2, -0.15) is 0 Å². The van der Waals surface area contributed by atoms with Gasteiger partial charge in [0.25, 0.3) is 0 Å². The zero-order valence-electron chi connectivity index (χ0n) is 6.68. The molecule has 2 N–H and O–H groups in total. The number of thioether (sulfide) groups is 1. The van der Waals surface area contributed by atoms with Gasteiger partial charge in [-0.05, 0) is 24.2 Å². The van der Waals surface area contributed by atoms with Crippen LogP contribution in [0.4, 0.5) is 0 Å². The monoisotopic (exact) mass is 182 g/mol. The van der Waals surface area contributed by atoms with Crippen LogP contribution in [0.3, 0.4) is 0 Å². The largest absolute Gasteiger partial charge is 0.452 e. The molecule has 0 aliphatic carbocycles. The molecule has 1 aromatic carbocycles. The van der Waals surface area contributed by atoms with E-state index in [9.17, 15) is 0 Å². The van der Waals surface area contributed by atoms with Crippen LogP contribution in [0, 0.1) is 0 Å². The van der Waals surface area contributed by atoms with Gasteiger partial charge in [0.2, 0.25) is 0 Å². The molecule has 0 amide bonds. The molecule has 0 fully saturated rings. The van der Waals surface area contributed by atoms with Gasteiger partial charge in [-0.3, -0.25) is 0 Å². The van der Waals surface area contributed by atoms with Crippen molar-refractivity contribution >= 4 is 18.9 Å². The fraction of sp³-hybridized carbons (Fsp3) is 0.250. The quantitative estimate of drug-likeness (QED) is 0.543. The topological polar surface area (TPSA) is 40.5 Å². The van der Waals surface area contributed by atoms with Gasteiger partial charge in [-0.15, -0.1) is 11.8 Å². The van der Waals surface area contributed by atoms with E-state index >= 15 is 0 Å². The molecule has 0 radical (unpaired) electrons. The van der Waals surface area contributed by atoms with E-state index in [0.29, 0.717) is 6.32 Å². The second-order valence-electron chi connectivity index (χ2n) is 2.43. The molecule has 1 aromatic rings. The lowest BCUT2D eigenvalue weighted by Gasteiger charge is -1.99. The molecule has 0 bridgehead atoms. The zero-order chi connectivity index (χ0) is 8.81. The summed E-state index contributed by atoms with van der Waals surface area (Å²) >= 11 is 1.63. The second-order valence-corrected chi connectivity index (χ2v) is 3.60. The summed E-state index contributed by atoms with van der Waals surface area (Å²) in [6, 6.07) is 9.92. The number of benzene rings is 1. The maximum absolute atomic E-state index is 8.57. The molecule has 0 aromatic heterocycles. The standard InChI is InChI=1S/C8H11BO2S/c10-9(11)6-7-12-8-4-2-1-3-5-8/h1-5,10-11H,6-7H2. The van der Waals surface area contributed by atoms with Crippen LogP contribution in [0.1, 0.15) is 0 Å². The molecule has 0 saturated carbocycles. The summed E-state index contributed by atoms with van der Waals surface area (Å²) in [5.74, 6) is 0.738. The van der Waals surface area contributed by atoms with Gasteiger partial charge in [0.05, 0.1) is 0 Å². The molecular weight excluding hydrogens is 171 g/mol. The van der Waals surface area contributed by atoms with E-state index in [2.05, 4.69) is 0 Å². The van der Waals surface area contributed by atoms with Crippen molar-refractivity contribution in [2.24, 2.45) is 0 Å². The van der Waals surface area contributed by atoms with Crippen molar-refractivity contribution in [1.29, 1.82) is 0 Å². The van der Waals surface area contributed by atoms with E-state index in [1.165, 1.54) is 0 Å². The highest BCUT2D eigenvalue weighted by Gasteiger charge is 2.05. The summed E-state index contributed by atoms with van der Waals surface area (Å²) in [7, 11) is -1.18. The number of hydrogen-bond acceptors (Lipinski definition) is 3. The van der Waals surface area contributed by atoms with Gasteiger partial charge in [0, 0.05) is 4.90 Å². The third-order valence-electron chi connectivity index (χ3n) is 1.39. The SMILES string of the molecule is OB(O)CCSc1ccccc1. The Hall–Kier alpha value is -0.445. The van der Waals surface area contributed by atoms with Crippen molar-refractivity contribution in [2.75, 3.05) is 5.75 Å². The summed E-state index contributed by atoms with van der Waals surface area (Å²) in [6.45, 7) is 0. The number of rotatable bonds is 4. The van der Waals surface area contributed by atoms with E-state index in [-0.39, 0.29) is 0 Å². The van der Waals surface area contributed by atoms with Crippen LogP contribution in [0.25, 0.3) is 0 Å². The summed E-state index contributed by atoms with van der Waals surface area (Å²) in [4.78, 5) is 1.16. The Bertz CT molecular complexity index is 216. The third-order valence-corrected chi connectivity index (χ3v) is 2.43. The van der Waals surface area contributed by atoms with E-state index < -0.39 is 7.12 Å². The van der Waals surface area contributed by atoms with Gasteiger partial charge in [0.15, 0.2) is 0 Å². The van der Waals surface area contributed by atoms with Gasteiger partial charge in [0.1, 0.15) is 0 Å². The van der Waals surface area contributed by atoms with Crippen molar-refractivity contribution in [2.45, 2.75) is 11.2 Å². The Kier molecular flexibility index (Phi) is 4.21. The summed E-state index contributed by atoms with van der Waals surface area (Å²) in [5.41, 5.74) is 0. The fourth-order valence-electron chi connectivity index (χ4n) is 0.799. The molecule has 0 spiro atoms. The lowest BCUT2D eigenvalue weighted by Crippen LogP contribution is -2.10. The van der Waals surface area contributed by atoms with Gasteiger partial charge < -0.3 is 10.0 Å². The lowest BCUT2D eigenvalue weighted by molar-refractivity contribution is 0.408. The van der Waals surface area contributed by atoms with Gasteiger partial charge in [-0.1, -0.05) is 18.2 Å². The molecule has 1 rings (SSSR count). The smallest absolute Gasteiger partial charge is 0.427 e. The van der Waals surface area contributed by atoms with Crippen LogP contribution in [0.2, 0.25) is 6.32 Å². The Labute approximate surface area is 76.8 Å². The highest BCUT2D eigenvalue weighted by atomic mass is 32.2. The Morgan fingerprint density at radius 1 is 1.17 bits per heavy atom. The molecule has 12 heavy (non-hydrogen) atoms. The van der Waals surface area contributed by atoms with E-state index in [1.54, 1.807) is 11.8 Å². The van der Waals surface area contributed by atoms with Crippen LogP contribution in [-0.2, 0) is 0 Å². The van der Waals surface area contributed by atoms with Crippen molar-refractivity contribution in [1.82, 2.24) is 0 Å². The summed E-state index contributed by atoms with van der Waals surface area (Å²) in [6.07, 6.45) is 0.416. The highest BCUT2D eigenvalue weighted by Crippen LogP contribution is 2.17. The third kappa shape index (κ3) is 3.81. The van der Waals surface area contributed by atoms with Crippen molar-refractivity contribution in [3.63, 3.8) is 0 Å². The second kappa shape index (κ2) is 5.24. The first-order valence-electron chi connectivity index (χ1n) is 3.83. The van der Waals surface area contributed by atoms with Crippen LogP contribution in [-0.4, -0.2) is 22.9 Å².